The van der Waals surface area contributed by atoms with E-state index in [9.17, 15) is 0 Å². The Labute approximate surface area is 106 Å². The lowest BCUT2D eigenvalue weighted by Gasteiger charge is -2.28. The van der Waals surface area contributed by atoms with Crippen molar-refractivity contribution in [1.29, 1.82) is 0 Å². The van der Waals surface area contributed by atoms with E-state index in [0.29, 0.717) is 6.04 Å². The standard InChI is InChI=1S/C13H20BrNO/c1-2-10-3-5-11(6-4-10)15-9-12-7-8-13(14)16-12/h7-8,10-11,15H,2-6,9H2,1H3. The Morgan fingerprint density at radius 3 is 2.62 bits per heavy atom. The Balaban J connectivity index is 1.71. The third-order valence-electron chi connectivity index (χ3n) is 3.62. The Morgan fingerprint density at radius 1 is 1.31 bits per heavy atom. The van der Waals surface area contributed by atoms with Crippen molar-refractivity contribution in [2.24, 2.45) is 5.92 Å². The van der Waals surface area contributed by atoms with E-state index in [1.54, 1.807) is 0 Å². The molecule has 1 heterocycles. The van der Waals surface area contributed by atoms with Crippen LogP contribution in [0.15, 0.2) is 21.2 Å². The van der Waals surface area contributed by atoms with Gasteiger partial charge in [-0.15, -0.1) is 0 Å². The van der Waals surface area contributed by atoms with Crippen molar-refractivity contribution in [1.82, 2.24) is 5.32 Å². The van der Waals surface area contributed by atoms with Gasteiger partial charge in [-0.3, -0.25) is 0 Å². The van der Waals surface area contributed by atoms with E-state index >= 15 is 0 Å². The molecule has 1 aromatic rings. The summed E-state index contributed by atoms with van der Waals surface area (Å²) in [5.41, 5.74) is 0. The first-order valence-electron chi connectivity index (χ1n) is 6.25. The van der Waals surface area contributed by atoms with Crippen LogP contribution in [0, 0.1) is 5.92 Å². The zero-order valence-electron chi connectivity index (χ0n) is 9.84. The largest absolute Gasteiger partial charge is 0.453 e. The van der Waals surface area contributed by atoms with Crippen molar-refractivity contribution in [3.05, 3.63) is 22.6 Å². The summed E-state index contributed by atoms with van der Waals surface area (Å²) in [4.78, 5) is 0. The minimum Gasteiger partial charge on any atom is -0.453 e. The molecule has 2 nitrogen and oxygen atoms in total. The van der Waals surface area contributed by atoms with Crippen molar-refractivity contribution in [2.45, 2.75) is 51.6 Å². The predicted octanol–water partition coefficient (Wildman–Crippen LogP) is 4.10. The monoisotopic (exact) mass is 285 g/mol. The maximum atomic E-state index is 5.47. The summed E-state index contributed by atoms with van der Waals surface area (Å²) in [7, 11) is 0. The van der Waals surface area contributed by atoms with Gasteiger partial charge in [-0.05, 0) is 59.7 Å². The minimum atomic E-state index is 0.687. The number of nitrogens with one attached hydrogen (secondary N) is 1. The lowest BCUT2D eigenvalue weighted by Crippen LogP contribution is -2.32. The number of hydrogen-bond acceptors (Lipinski definition) is 2. The SMILES string of the molecule is CCC1CCC(NCc2ccc(Br)o2)CC1. The van der Waals surface area contributed by atoms with Crippen LogP contribution >= 0.6 is 15.9 Å². The van der Waals surface area contributed by atoms with Crippen LogP contribution in [0.3, 0.4) is 0 Å². The first kappa shape index (κ1) is 12.2. The maximum absolute atomic E-state index is 5.47. The van der Waals surface area contributed by atoms with Gasteiger partial charge in [0.25, 0.3) is 0 Å². The van der Waals surface area contributed by atoms with Crippen LogP contribution in [0.5, 0.6) is 0 Å². The van der Waals surface area contributed by atoms with Gasteiger partial charge in [0.2, 0.25) is 0 Å². The molecule has 0 radical (unpaired) electrons. The molecule has 1 fully saturated rings. The molecule has 1 aliphatic carbocycles. The quantitative estimate of drug-likeness (QED) is 0.901. The zero-order chi connectivity index (χ0) is 11.4. The van der Waals surface area contributed by atoms with Crippen molar-refractivity contribution in [3.63, 3.8) is 0 Å². The van der Waals surface area contributed by atoms with Gasteiger partial charge in [0, 0.05) is 6.04 Å². The van der Waals surface area contributed by atoms with Gasteiger partial charge >= 0.3 is 0 Å². The Hall–Kier alpha value is -0.280. The summed E-state index contributed by atoms with van der Waals surface area (Å²) in [6.07, 6.45) is 6.75. The highest BCUT2D eigenvalue weighted by atomic mass is 79.9. The molecular formula is C13H20BrNO. The minimum absolute atomic E-state index is 0.687. The highest BCUT2D eigenvalue weighted by molar-refractivity contribution is 9.10. The van der Waals surface area contributed by atoms with Crippen molar-refractivity contribution < 1.29 is 4.42 Å². The fourth-order valence-corrected chi connectivity index (χ4v) is 2.81. The van der Waals surface area contributed by atoms with E-state index in [2.05, 4.69) is 28.2 Å². The van der Waals surface area contributed by atoms with E-state index in [1.165, 1.54) is 32.1 Å². The van der Waals surface area contributed by atoms with Gasteiger partial charge in [-0.25, -0.2) is 0 Å². The number of halogens is 1. The molecule has 0 aromatic carbocycles. The lowest BCUT2D eigenvalue weighted by atomic mass is 9.84. The smallest absolute Gasteiger partial charge is 0.169 e. The van der Waals surface area contributed by atoms with Crippen molar-refractivity contribution >= 4 is 15.9 Å². The molecule has 0 unspecified atom stereocenters. The first-order chi connectivity index (χ1) is 7.78. The second-order valence-corrected chi connectivity index (χ2v) is 5.49. The summed E-state index contributed by atoms with van der Waals surface area (Å²) < 4.78 is 6.29. The molecule has 0 saturated heterocycles. The average Bonchev–Trinajstić information content (AvgIpc) is 2.73. The fraction of sp³-hybridized carbons (Fsp3) is 0.692. The van der Waals surface area contributed by atoms with Crippen molar-refractivity contribution in [2.75, 3.05) is 0 Å². The third kappa shape index (κ3) is 3.36. The lowest BCUT2D eigenvalue weighted by molar-refractivity contribution is 0.280. The highest BCUT2D eigenvalue weighted by Crippen LogP contribution is 2.26. The number of hydrogen-bond donors (Lipinski definition) is 1. The van der Waals surface area contributed by atoms with E-state index in [-0.39, 0.29) is 0 Å². The van der Waals surface area contributed by atoms with E-state index in [4.69, 9.17) is 4.42 Å². The van der Waals surface area contributed by atoms with E-state index in [1.807, 2.05) is 12.1 Å². The zero-order valence-corrected chi connectivity index (χ0v) is 11.4. The van der Waals surface area contributed by atoms with Gasteiger partial charge in [-0.1, -0.05) is 13.3 Å². The molecule has 0 atom stereocenters. The molecule has 2 rings (SSSR count). The van der Waals surface area contributed by atoms with Crippen LogP contribution in [0.4, 0.5) is 0 Å². The van der Waals surface area contributed by atoms with Gasteiger partial charge < -0.3 is 9.73 Å². The van der Waals surface area contributed by atoms with E-state index in [0.717, 1.165) is 22.9 Å². The van der Waals surface area contributed by atoms with Crippen LogP contribution in [-0.4, -0.2) is 6.04 Å². The second kappa shape index (κ2) is 5.87. The molecule has 0 aliphatic heterocycles. The number of rotatable bonds is 4. The predicted molar refractivity (Wildman–Crippen MR) is 69.3 cm³/mol. The van der Waals surface area contributed by atoms with Crippen molar-refractivity contribution in [3.8, 4) is 0 Å². The van der Waals surface area contributed by atoms with Crippen LogP contribution < -0.4 is 5.32 Å². The summed E-state index contributed by atoms with van der Waals surface area (Å²) in [6, 6.07) is 4.66. The Morgan fingerprint density at radius 2 is 2.06 bits per heavy atom. The van der Waals surface area contributed by atoms with E-state index < -0.39 is 0 Å². The van der Waals surface area contributed by atoms with Gasteiger partial charge in [0.1, 0.15) is 5.76 Å². The van der Waals surface area contributed by atoms with Crippen LogP contribution in [-0.2, 0) is 6.54 Å². The van der Waals surface area contributed by atoms with Crippen LogP contribution in [0.25, 0.3) is 0 Å². The van der Waals surface area contributed by atoms with Crippen LogP contribution in [0.1, 0.15) is 44.8 Å². The van der Waals surface area contributed by atoms with Gasteiger partial charge in [-0.2, -0.15) is 0 Å². The third-order valence-corrected chi connectivity index (χ3v) is 4.04. The number of furan rings is 1. The highest BCUT2D eigenvalue weighted by Gasteiger charge is 2.19. The molecule has 1 saturated carbocycles. The topological polar surface area (TPSA) is 25.2 Å². The molecular weight excluding hydrogens is 266 g/mol. The second-order valence-electron chi connectivity index (χ2n) is 4.71. The molecule has 0 spiro atoms. The average molecular weight is 286 g/mol. The van der Waals surface area contributed by atoms with Gasteiger partial charge in [0.05, 0.1) is 6.54 Å². The molecule has 0 amide bonds. The summed E-state index contributed by atoms with van der Waals surface area (Å²) in [5, 5.41) is 3.58. The normalized spacial score (nSPS) is 25.9. The molecule has 1 aromatic heterocycles. The summed E-state index contributed by atoms with van der Waals surface area (Å²) in [6.45, 7) is 3.16. The molecule has 1 aliphatic rings. The molecule has 3 heteroatoms. The maximum Gasteiger partial charge on any atom is 0.169 e. The summed E-state index contributed by atoms with van der Waals surface area (Å²) in [5.74, 6) is 1.99. The Bertz CT molecular complexity index is 315. The molecule has 90 valence electrons. The first-order valence-corrected chi connectivity index (χ1v) is 7.05. The molecule has 0 bridgehead atoms. The van der Waals surface area contributed by atoms with Crippen LogP contribution in [0.2, 0.25) is 0 Å². The molecule has 1 N–H and O–H groups in total. The molecule has 16 heavy (non-hydrogen) atoms. The fourth-order valence-electron chi connectivity index (χ4n) is 2.47. The van der Waals surface area contributed by atoms with Gasteiger partial charge in [0.15, 0.2) is 4.67 Å². The Kier molecular flexibility index (Phi) is 4.47. The summed E-state index contributed by atoms with van der Waals surface area (Å²) >= 11 is 3.32.